The number of benzene rings is 2. The third-order valence-corrected chi connectivity index (χ3v) is 5.94. The Balaban J connectivity index is 1.51. The summed E-state index contributed by atoms with van der Waals surface area (Å²) in [6, 6.07) is 15.5. The molecule has 7 heteroatoms. The number of likely N-dealkylation sites (tertiary alicyclic amines) is 1. The lowest BCUT2D eigenvalue weighted by molar-refractivity contribution is 0.0293. The number of aromatic nitrogens is 2. The summed E-state index contributed by atoms with van der Waals surface area (Å²) >= 11 is 0. The van der Waals surface area contributed by atoms with E-state index in [0.29, 0.717) is 18.5 Å². The van der Waals surface area contributed by atoms with Crippen LogP contribution in [0.1, 0.15) is 52.8 Å². The molecule has 2 heterocycles. The number of nitrogens with zero attached hydrogens (tertiary/aromatic N) is 3. The molecule has 1 unspecified atom stereocenters. The number of aryl methyl sites for hydroxylation is 1. The van der Waals surface area contributed by atoms with Crippen LogP contribution in [0.2, 0.25) is 0 Å². The van der Waals surface area contributed by atoms with Crippen molar-refractivity contribution in [3.8, 4) is 5.69 Å². The fourth-order valence-electron chi connectivity index (χ4n) is 4.26. The van der Waals surface area contributed by atoms with Crippen LogP contribution in [0.5, 0.6) is 0 Å². The zero-order chi connectivity index (χ0) is 24.3. The van der Waals surface area contributed by atoms with Crippen LogP contribution in [-0.2, 0) is 11.2 Å². The van der Waals surface area contributed by atoms with Gasteiger partial charge in [-0.3, -0.25) is 9.36 Å². The van der Waals surface area contributed by atoms with E-state index in [1.54, 1.807) is 9.47 Å². The van der Waals surface area contributed by atoms with Gasteiger partial charge >= 0.3 is 6.09 Å². The quantitative estimate of drug-likeness (QED) is 0.548. The smallest absolute Gasteiger partial charge is 0.410 e. The van der Waals surface area contributed by atoms with E-state index in [9.17, 15) is 9.59 Å². The van der Waals surface area contributed by atoms with Crippen molar-refractivity contribution in [2.45, 2.75) is 65.0 Å². The maximum absolute atomic E-state index is 13.3. The molecule has 1 aliphatic rings. The molecule has 1 saturated heterocycles. The highest BCUT2D eigenvalue weighted by molar-refractivity contribution is 5.77. The topological polar surface area (TPSA) is 76.5 Å². The van der Waals surface area contributed by atoms with Crippen LogP contribution in [0.25, 0.3) is 16.6 Å². The first-order valence-electron chi connectivity index (χ1n) is 12.1. The average molecular weight is 463 g/mol. The van der Waals surface area contributed by atoms with Gasteiger partial charge in [-0.05, 0) is 70.0 Å². The summed E-state index contributed by atoms with van der Waals surface area (Å²) in [6.07, 6.45) is 3.35. The molecule has 0 aliphatic carbocycles. The number of ether oxygens (including phenoxy) is 1. The van der Waals surface area contributed by atoms with E-state index in [4.69, 9.17) is 9.72 Å². The van der Waals surface area contributed by atoms with Gasteiger partial charge in [0.15, 0.2) is 0 Å². The molecular formula is C27H34N4O3. The van der Waals surface area contributed by atoms with Crippen LogP contribution in [0, 0.1) is 0 Å². The highest BCUT2D eigenvalue weighted by atomic mass is 16.6. The molecule has 0 spiro atoms. The first-order valence-corrected chi connectivity index (χ1v) is 12.1. The van der Waals surface area contributed by atoms with Gasteiger partial charge in [0.2, 0.25) is 0 Å². The second kappa shape index (κ2) is 9.87. The normalized spacial score (nSPS) is 16.1. The first-order chi connectivity index (χ1) is 16.2. The summed E-state index contributed by atoms with van der Waals surface area (Å²) in [7, 11) is 0. The van der Waals surface area contributed by atoms with Crippen molar-refractivity contribution >= 4 is 22.7 Å². The summed E-state index contributed by atoms with van der Waals surface area (Å²) in [5.74, 6) is 0.787. The largest absolute Gasteiger partial charge is 0.444 e. The summed E-state index contributed by atoms with van der Waals surface area (Å²) < 4.78 is 7.22. The fraction of sp³-hybridized carbons (Fsp3) is 0.444. The zero-order valence-electron chi connectivity index (χ0n) is 20.5. The predicted molar refractivity (Wildman–Crippen MR) is 136 cm³/mol. The monoisotopic (exact) mass is 462 g/mol. The maximum Gasteiger partial charge on any atom is 0.410 e. The fourth-order valence-corrected chi connectivity index (χ4v) is 4.26. The number of para-hydroxylation sites is 1. The third-order valence-electron chi connectivity index (χ3n) is 5.94. The van der Waals surface area contributed by atoms with Gasteiger partial charge in [0.1, 0.15) is 11.4 Å². The molecule has 1 aromatic heterocycles. The van der Waals surface area contributed by atoms with E-state index >= 15 is 0 Å². The molecule has 4 rings (SSSR count). The minimum atomic E-state index is -0.496. The molecule has 3 aromatic rings. The summed E-state index contributed by atoms with van der Waals surface area (Å²) in [5, 5.41) is 4.13. The number of hydrogen-bond donors (Lipinski definition) is 1. The number of nitrogens with one attached hydrogen (secondary N) is 1. The maximum atomic E-state index is 13.3. The molecule has 1 atom stereocenters. The van der Waals surface area contributed by atoms with Crippen molar-refractivity contribution in [2.24, 2.45) is 0 Å². The Morgan fingerprint density at radius 1 is 1.15 bits per heavy atom. The Morgan fingerprint density at radius 2 is 1.88 bits per heavy atom. The molecule has 34 heavy (non-hydrogen) atoms. The molecule has 1 aliphatic heterocycles. The molecule has 1 amide bonds. The van der Waals surface area contributed by atoms with Crippen LogP contribution in [-0.4, -0.2) is 45.3 Å². The molecule has 0 bridgehead atoms. The lowest BCUT2D eigenvalue weighted by Gasteiger charge is -2.24. The van der Waals surface area contributed by atoms with Crippen molar-refractivity contribution in [1.29, 1.82) is 0 Å². The van der Waals surface area contributed by atoms with E-state index in [1.807, 2.05) is 69.3 Å². The SMILES string of the molecule is CCCCc1nc2ccccc2c(=O)n1-c1ccc(NC2CCN(C(=O)OC(C)(C)C)C2)cc1. The van der Waals surface area contributed by atoms with Gasteiger partial charge in [0.25, 0.3) is 5.56 Å². The van der Waals surface area contributed by atoms with Gasteiger partial charge in [-0.2, -0.15) is 0 Å². The van der Waals surface area contributed by atoms with Gasteiger partial charge in [0, 0.05) is 31.2 Å². The van der Waals surface area contributed by atoms with Crippen molar-refractivity contribution in [3.05, 3.63) is 64.7 Å². The van der Waals surface area contributed by atoms with Crippen LogP contribution >= 0.6 is 0 Å². The van der Waals surface area contributed by atoms with Gasteiger partial charge in [0.05, 0.1) is 16.6 Å². The number of carbonyl (C=O) groups excluding carboxylic acids is 1. The Labute approximate surface area is 200 Å². The Morgan fingerprint density at radius 3 is 2.59 bits per heavy atom. The number of carbonyl (C=O) groups is 1. The van der Waals surface area contributed by atoms with Crippen LogP contribution in [0.3, 0.4) is 0 Å². The second-order valence-electron chi connectivity index (χ2n) is 9.89. The van der Waals surface area contributed by atoms with E-state index in [1.165, 1.54) is 0 Å². The van der Waals surface area contributed by atoms with Gasteiger partial charge < -0.3 is 15.0 Å². The summed E-state index contributed by atoms with van der Waals surface area (Å²) in [4.78, 5) is 32.2. The predicted octanol–water partition coefficient (Wildman–Crippen LogP) is 5.15. The van der Waals surface area contributed by atoms with E-state index in [-0.39, 0.29) is 17.7 Å². The van der Waals surface area contributed by atoms with Crippen LogP contribution < -0.4 is 10.9 Å². The first kappa shape index (κ1) is 23.8. The molecule has 1 fully saturated rings. The molecule has 180 valence electrons. The van der Waals surface area contributed by atoms with Crippen LogP contribution in [0.4, 0.5) is 10.5 Å². The average Bonchev–Trinajstić information content (AvgIpc) is 3.26. The van der Waals surface area contributed by atoms with Gasteiger partial charge in [-0.25, -0.2) is 9.78 Å². The highest BCUT2D eigenvalue weighted by Gasteiger charge is 2.29. The summed E-state index contributed by atoms with van der Waals surface area (Å²) in [5.41, 5.74) is 1.97. The Bertz CT molecular complexity index is 1210. The molecular weight excluding hydrogens is 428 g/mol. The number of hydrogen-bond acceptors (Lipinski definition) is 5. The molecule has 0 saturated carbocycles. The van der Waals surface area contributed by atoms with E-state index < -0.39 is 5.60 Å². The molecule has 1 N–H and O–H groups in total. The zero-order valence-corrected chi connectivity index (χ0v) is 20.5. The molecule has 0 radical (unpaired) electrons. The lowest BCUT2D eigenvalue weighted by Crippen LogP contribution is -2.36. The minimum Gasteiger partial charge on any atom is -0.444 e. The van der Waals surface area contributed by atoms with Crippen molar-refractivity contribution < 1.29 is 9.53 Å². The second-order valence-corrected chi connectivity index (χ2v) is 9.89. The van der Waals surface area contributed by atoms with E-state index in [2.05, 4.69) is 12.2 Å². The molecule has 2 aromatic carbocycles. The minimum absolute atomic E-state index is 0.0405. The van der Waals surface area contributed by atoms with Crippen LogP contribution in [0.15, 0.2) is 53.3 Å². The van der Waals surface area contributed by atoms with Gasteiger partial charge in [-0.1, -0.05) is 25.5 Å². The Hall–Kier alpha value is -3.35. The molecule has 7 nitrogen and oxygen atoms in total. The number of rotatable bonds is 6. The lowest BCUT2D eigenvalue weighted by atomic mass is 10.2. The third kappa shape index (κ3) is 5.41. The number of fused-ring (bicyclic) bond motifs is 1. The highest BCUT2D eigenvalue weighted by Crippen LogP contribution is 2.21. The Kier molecular flexibility index (Phi) is 6.91. The standard InChI is InChI=1S/C27H34N4O3/c1-5-6-11-24-29-23-10-8-7-9-22(23)25(32)31(24)21-14-12-19(13-15-21)28-20-16-17-30(18-20)26(33)34-27(2,3)4/h7-10,12-15,20,28H,5-6,11,16-18H2,1-4H3. The van der Waals surface area contributed by atoms with Gasteiger partial charge in [-0.15, -0.1) is 0 Å². The summed E-state index contributed by atoms with van der Waals surface area (Å²) in [6.45, 7) is 9.04. The number of anilines is 1. The van der Waals surface area contributed by atoms with Crippen molar-refractivity contribution in [2.75, 3.05) is 18.4 Å². The number of amides is 1. The van der Waals surface area contributed by atoms with Crippen molar-refractivity contribution in [1.82, 2.24) is 14.5 Å². The number of unbranched alkanes of at least 4 members (excludes halogenated alkanes) is 1. The van der Waals surface area contributed by atoms with Crippen molar-refractivity contribution in [3.63, 3.8) is 0 Å². The van der Waals surface area contributed by atoms with E-state index in [0.717, 1.165) is 48.4 Å².